The fraction of sp³-hybridized carbons (Fsp3) is 0.587. The van der Waals surface area contributed by atoms with E-state index in [1.54, 1.807) is 38.3 Å². The van der Waals surface area contributed by atoms with Crippen LogP contribution in [-0.4, -0.2) is 88.9 Å². The van der Waals surface area contributed by atoms with Gasteiger partial charge in [0.05, 0.1) is 36.6 Å². The number of aliphatic hydroxyl groups excluding tert-OH is 1. The van der Waals surface area contributed by atoms with Crippen molar-refractivity contribution < 1.29 is 42.8 Å². The van der Waals surface area contributed by atoms with Crippen molar-refractivity contribution in [3.05, 3.63) is 90.5 Å². The van der Waals surface area contributed by atoms with Crippen LogP contribution in [0.25, 0.3) is 0 Å². The lowest BCUT2D eigenvalue weighted by Gasteiger charge is -2.52. The van der Waals surface area contributed by atoms with E-state index in [0.29, 0.717) is 56.6 Å². The van der Waals surface area contributed by atoms with Crippen LogP contribution in [-0.2, 0) is 23.1 Å². The fourth-order valence-corrected chi connectivity index (χ4v) is 14.0. The molecule has 0 amide bonds. The molecule has 1 spiro atoms. The number of hydrogen-bond donors (Lipinski definition) is 2. The van der Waals surface area contributed by atoms with Gasteiger partial charge in [0.25, 0.3) is 8.32 Å². The van der Waals surface area contributed by atoms with Crippen LogP contribution in [0.2, 0.25) is 23.2 Å². The molecule has 0 bridgehead atoms. The van der Waals surface area contributed by atoms with Gasteiger partial charge in [-0.25, -0.2) is 4.79 Å². The molecule has 2 aliphatic heterocycles. The van der Waals surface area contributed by atoms with Crippen molar-refractivity contribution in [1.82, 2.24) is 0 Å². The second kappa shape index (κ2) is 18.2. The van der Waals surface area contributed by atoms with Crippen molar-refractivity contribution in [2.24, 2.45) is 0 Å². The molecule has 9 nitrogen and oxygen atoms in total. The highest BCUT2D eigenvalue weighted by atomic mass is 28.4. The highest BCUT2D eigenvalue weighted by molar-refractivity contribution is 6.99. The maximum atomic E-state index is 13.5. The molecule has 2 saturated heterocycles. The maximum absolute atomic E-state index is 13.5. The van der Waals surface area contributed by atoms with Gasteiger partial charge in [0.1, 0.15) is 11.9 Å². The van der Waals surface area contributed by atoms with E-state index in [1.165, 1.54) is 10.4 Å². The molecular formula is C46H68O9Si2. The molecule has 314 valence electrons. The monoisotopic (exact) mass is 820 g/mol. The van der Waals surface area contributed by atoms with Crippen molar-refractivity contribution in [1.29, 1.82) is 0 Å². The SMILES string of the molecule is COc1ccc(C(=O)O[C@H](CCO[Si](C)(C)C(C)(C)C)C[C@H]2C[C@](C)(O)C[C@]3(C[C@H](O)C[C@H](CCO[Si](c4ccccc4)(c4ccccc4)C(C)(C)C)O3)O2)cc1. The molecule has 57 heavy (non-hydrogen) atoms. The molecule has 11 heteroatoms. The van der Waals surface area contributed by atoms with Crippen LogP contribution in [0.1, 0.15) is 104 Å². The summed E-state index contributed by atoms with van der Waals surface area (Å²) in [4.78, 5) is 13.5. The first kappa shape index (κ1) is 45.2. The number of aliphatic hydroxyl groups is 2. The molecule has 2 aliphatic rings. The van der Waals surface area contributed by atoms with Crippen LogP contribution in [0.5, 0.6) is 5.75 Å². The lowest BCUT2D eigenvalue weighted by molar-refractivity contribution is -0.352. The van der Waals surface area contributed by atoms with Crippen molar-refractivity contribution in [2.45, 2.75) is 152 Å². The quantitative estimate of drug-likeness (QED) is 0.116. The van der Waals surface area contributed by atoms with E-state index in [9.17, 15) is 15.0 Å². The average molecular weight is 821 g/mol. The predicted molar refractivity (Wildman–Crippen MR) is 230 cm³/mol. The summed E-state index contributed by atoms with van der Waals surface area (Å²) in [7, 11) is -3.25. The topological polar surface area (TPSA) is 113 Å². The molecule has 2 heterocycles. The molecular weight excluding hydrogens is 753 g/mol. The standard InChI is InChI=1S/C46H68O9Si2/c1-43(2,3)56(9,10)51-27-25-37(53-42(48)34-21-23-36(50-8)24-22-34)30-39-32-45(7,49)33-46(55-39)31-35(47)29-38(54-46)26-28-52-57(44(4,5)6,40-17-13-11-14-18-40)41-19-15-12-16-20-41/h11-24,35,37-39,47,49H,25-33H2,1-10H3/t35-,37-,38+,39+,45+,46+/m1/s1. The van der Waals surface area contributed by atoms with Crippen molar-refractivity contribution >= 4 is 33.0 Å². The summed E-state index contributed by atoms with van der Waals surface area (Å²) >= 11 is 0. The molecule has 0 unspecified atom stereocenters. The number of carbonyl (C=O) groups is 1. The minimum atomic E-state index is -2.77. The number of esters is 1. The van der Waals surface area contributed by atoms with E-state index in [2.05, 4.69) is 103 Å². The molecule has 3 aromatic rings. The molecule has 0 aliphatic carbocycles. The van der Waals surface area contributed by atoms with E-state index in [1.807, 2.05) is 12.1 Å². The normalized spacial score (nSPS) is 25.2. The van der Waals surface area contributed by atoms with Crippen molar-refractivity contribution in [2.75, 3.05) is 20.3 Å². The Balaban J connectivity index is 1.33. The zero-order valence-electron chi connectivity index (χ0n) is 36.0. The number of hydrogen-bond acceptors (Lipinski definition) is 9. The molecule has 2 N–H and O–H groups in total. The smallest absolute Gasteiger partial charge is 0.338 e. The van der Waals surface area contributed by atoms with Gasteiger partial charge < -0.3 is 38.0 Å². The van der Waals surface area contributed by atoms with Gasteiger partial charge in [0.2, 0.25) is 0 Å². The van der Waals surface area contributed by atoms with Gasteiger partial charge in [-0.15, -0.1) is 0 Å². The summed E-state index contributed by atoms with van der Waals surface area (Å²) in [5.74, 6) is -1.01. The van der Waals surface area contributed by atoms with Gasteiger partial charge >= 0.3 is 5.97 Å². The first-order chi connectivity index (χ1) is 26.7. The molecule has 5 rings (SSSR count). The van der Waals surface area contributed by atoms with Crippen LogP contribution in [0, 0.1) is 0 Å². The molecule has 0 saturated carbocycles. The maximum Gasteiger partial charge on any atom is 0.338 e. The Kier molecular flexibility index (Phi) is 14.4. The Morgan fingerprint density at radius 3 is 1.95 bits per heavy atom. The second-order valence-electron chi connectivity index (χ2n) is 19.1. The van der Waals surface area contributed by atoms with Crippen LogP contribution < -0.4 is 15.1 Å². The van der Waals surface area contributed by atoms with Crippen molar-refractivity contribution in [3.63, 3.8) is 0 Å². The molecule has 2 fully saturated rings. The number of carbonyl (C=O) groups excluding carboxylic acids is 1. The predicted octanol–water partition coefficient (Wildman–Crippen LogP) is 8.16. The molecule has 0 radical (unpaired) electrons. The minimum absolute atomic E-state index is 0.0279. The largest absolute Gasteiger partial charge is 0.497 e. The fourth-order valence-electron chi connectivity index (χ4n) is 8.41. The highest BCUT2D eigenvalue weighted by Crippen LogP contribution is 2.45. The molecule has 3 aromatic carbocycles. The number of ether oxygens (including phenoxy) is 4. The van der Waals surface area contributed by atoms with E-state index in [-0.39, 0.29) is 29.0 Å². The summed E-state index contributed by atoms with van der Waals surface area (Å²) in [5, 5.41) is 25.4. The first-order valence-electron chi connectivity index (χ1n) is 20.7. The molecule has 6 atom stereocenters. The number of benzene rings is 3. The second-order valence-corrected chi connectivity index (χ2v) is 28.2. The summed E-state index contributed by atoms with van der Waals surface area (Å²) in [6, 6.07) is 28.0. The average Bonchev–Trinajstić information content (AvgIpc) is 3.12. The lowest BCUT2D eigenvalue weighted by atomic mass is 9.81. The first-order valence-corrected chi connectivity index (χ1v) is 25.5. The van der Waals surface area contributed by atoms with Gasteiger partial charge in [-0.05, 0) is 77.6 Å². The summed E-state index contributed by atoms with van der Waals surface area (Å²) in [5.41, 5.74) is -0.723. The van der Waals surface area contributed by atoms with Crippen LogP contribution >= 0.6 is 0 Å². The van der Waals surface area contributed by atoms with E-state index in [4.69, 9.17) is 27.8 Å². The number of rotatable bonds is 15. The Labute approximate surface area is 343 Å². The van der Waals surface area contributed by atoms with Gasteiger partial charge in [-0.2, -0.15) is 0 Å². The third-order valence-electron chi connectivity index (χ3n) is 12.2. The van der Waals surface area contributed by atoms with E-state index < -0.39 is 52.3 Å². The minimum Gasteiger partial charge on any atom is -0.497 e. The zero-order chi connectivity index (χ0) is 41.7. The Bertz CT molecular complexity index is 1680. The lowest BCUT2D eigenvalue weighted by Crippen LogP contribution is -2.66. The third kappa shape index (κ3) is 11.2. The van der Waals surface area contributed by atoms with Crippen molar-refractivity contribution in [3.8, 4) is 5.75 Å². The van der Waals surface area contributed by atoms with E-state index in [0.717, 1.165) is 0 Å². The summed E-state index contributed by atoms with van der Waals surface area (Å²) in [6.45, 7) is 20.4. The van der Waals surface area contributed by atoms with E-state index >= 15 is 0 Å². The van der Waals surface area contributed by atoms with Crippen LogP contribution in [0.3, 0.4) is 0 Å². The molecule has 0 aromatic heterocycles. The Hall–Kier alpha value is -2.88. The van der Waals surface area contributed by atoms with Crippen LogP contribution in [0.4, 0.5) is 0 Å². The van der Waals surface area contributed by atoms with Gasteiger partial charge in [-0.1, -0.05) is 102 Å². The Morgan fingerprint density at radius 2 is 1.40 bits per heavy atom. The summed E-state index contributed by atoms with van der Waals surface area (Å²) < 4.78 is 38.8. The van der Waals surface area contributed by atoms with Gasteiger partial charge in [-0.3, -0.25) is 0 Å². The van der Waals surface area contributed by atoms with Gasteiger partial charge in [0.15, 0.2) is 14.1 Å². The third-order valence-corrected chi connectivity index (χ3v) is 21.8. The van der Waals surface area contributed by atoms with Gasteiger partial charge in [0, 0.05) is 45.3 Å². The highest BCUT2D eigenvalue weighted by Gasteiger charge is 2.53. The van der Waals surface area contributed by atoms with Crippen LogP contribution in [0.15, 0.2) is 84.9 Å². The zero-order valence-corrected chi connectivity index (χ0v) is 38.0. The Morgan fingerprint density at radius 1 is 0.825 bits per heavy atom. The number of methoxy groups -OCH3 is 1. The summed E-state index contributed by atoms with van der Waals surface area (Å²) in [6.07, 6.45) is 0.462.